The molecule has 0 aromatic heterocycles. The highest BCUT2D eigenvalue weighted by Crippen LogP contribution is 2.13. The van der Waals surface area contributed by atoms with Gasteiger partial charge in [0.25, 0.3) is 0 Å². The highest BCUT2D eigenvalue weighted by Gasteiger charge is 2.08. The Morgan fingerprint density at radius 3 is 2.47 bits per heavy atom. The fraction of sp³-hybridized carbons (Fsp3) is 0.562. The van der Waals surface area contributed by atoms with Crippen LogP contribution in [0.1, 0.15) is 50.7 Å². The van der Waals surface area contributed by atoms with Crippen molar-refractivity contribution in [2.24, 2.45) is 5.92 Å². The van der Waals surface area contributed by atoms with Gasteiger partial charge >= 0.3 is 0 Å². The molecule has 0 aliphatic carbocycles. The van der Waals surface area contributed by atoms with E-state index in [0.29, 0.717) is 18.1 Å². The van der Waals surface area contributed by atoms with Gasteiger partial charge in [-0.15, -0.1) is 0 Å². The number of rotatable bonds is 7. The lowest BCUT2D eigenvalue weighted by Crippen LogP contribution is -2.06. The van der Waals surface area contributed by atoms with Gasteiger partial charge in [0.1, 0.15) is 5.78 Å². The van der Waals surface area contributed by atoms with Gasteiger partial charge in [0.05, 0.1) is 0 Å². The summed E-state index contributed by atoms with van der Waals surface area (Å²) in [5, 5.41) is 0. The van der Waals surface area contributed by atoms with Gasteiger partial charge in [-0.05, 0) is 24.8 Å². The molecule has 1 aromatic rings. The van der Waals surface area contributed by atoms with Crippen LogP contribution in [0.3, 0.4) is 0 Å². The van der Waals surface area contributed by atoms with Crippen molar-refractivity contribution in [2.75, 3.05) is 0 Å². The largest absolute Gasteiger partial charge is 0.300 e. The van der Waals surface area contributed by atoms with Crippen LogP contribution in [-0.2, 0) is 11.2 Å². The first kappa shape index (κ1) is 14.0. The van der Waals surface area contributed by atoms with Crippen LogP contribution in [0.25, 0.3) is 0 Å². The molecule has 0 radical (unpaired) electrons. The van der Waals surface area contributed by atoms with Crippen LogP contribution in [0.2, 0.25) is 0 Å². The number of Topliss-reactive ketones (excluding diaryl/α,β-unsaturated/α-hetero) is 1. The fourth-order valence-corrected chi connectivity index (χ4v) is 2.12. The van der Waals surface area contributed by atoms with Crippen molar-refractivity contribution in [3.05, 3.63) is 35.4 Å². The average Bonchev–Trinajstić information content (AvgIpc) is 2.28. The summed E-state index contributed by atoms with van der Waals surface area (Å²) < 4.78 is 0. The zero-order valence-corrected chi connectivity index (χ0v) is 11.3. The van der Waals surface area contributed by atoms with Gasteiger partial charge in [-0.25, -0.2) is 0 Å². The van der Waals surface area contributed by atoms with Gasteiger partial charge in [-0.3, -0.25) is 4.79 Å². The molecule has 0 heterocycles. The summed E-state index contributed by atoms with van der Waals surface area (Å²) in [7, 11) is 0. The van der Waals surface area contributed by atoms with E-state index in [9.17, 15) is 4.79 Å². The summed E-state index contributed by atoms with van der Waals surface area (Å²) in [5.74, 6) is 0.956. The first-order valence-electron chi connectivity index (χ1n) is 6.69. The molecule has 0 aliphatic rings. The third-order valence-corrected chi connectivity index (χ3v) is 3.17. The van der Waals surface area contributed by atoms with E-state index in [0.717, 1.165) is 19.3 Å². The topological polar surface area (TPSA) is 17.1 Å². The van der Waals surface area contributed by atoms with E-state index >= 15 is 0 Å². The Kier molecular flexibility index (Phi) is 5.96. The number of hydrogen-bond acceptors (Lipinski definition) is 1. The van der Waals surface area contributed by atoms with Crippen molar-refractivity contribution in [3.8, 4) is 0 Å². The molecule has 1 atom stereocenters. The molecule has 1 rings (SSSR count). The minimum absolute atomic E-state index is 0.409. The summed E-state index contributed by atoms with van der Waals surface area (Å²) in [6, 6.07) is 8.47. The maximum atomic E-state index is 11.8. The molecule has 0 bridgehead atoms. The van der Waals surface area contributed by atoms with Crippen molar-refractivity contribution in [1.82, 2.24) is 0 Å². The number of hydrogen-bond donors (Lipinski definition) is 0. The predicted molar refractivity (Wildman–Crippen MR) is 73.2 cm³/mol. The minimum atomic E-state index is 0.409. The molecule has 1 nitrogen and oxygen atoms in total. The first-order chi connectivity index (χ1) is 8.11. The van der Waals surface area contributed by atoms with Crippen molar-refractivity contribution in [2.45, 2.75) is 52.9 Å². The van der Waals surface area contributed by atoms with Crippen LogP contribution in [0.5, 0.6) is 0 Å². The van der Waals surface area contributed by atoms with E-state index in [2.05, 4.69) is 45.0 Å². The van der Waals surface area contributed by atoms with Crippen molar-refractivity contribution in [1.29, 1.82) is 0 Å². The van der Waals surface area contributed by atoms with Crippen LogP contribution in [0.4, 0.5) is 0 Å². The van der Waals surface area contributed by atoms with Crippen molar-refractivity contribution in [3.63, 3.8) is 0 Å². The molecular formula is C16H24O. The highest BCUT2D eigenvalue weighted by molar-refractivity contribution is 5.78. The summed E-state index contributed by atoms with van der Waals surface area (Å²) in [4.78, 5) is 11.8. The Hall–Kier alpha value is -1.11. The Bertz CT molecular complexity index is 337. The second kappa shape index (κ2) is 7.26. The summed E-state index contributed by atoms with van der Waals surface area (Å²) in [6.07, 6.45) is 4.66. The molecule has 1 aromatic carbocycles. The Morgan fingerprint density at radius 1 is 1.24 bits per heavy atom. The SMILES string of the molecule is CCCC(C)CC(=O)CCc1ccc(C)cc1. The van der Waals surface area contributed by atoms with E-state index in [1.807, 2.05) is 0 Å². The highest BCUT2D eigenvalue weighted by atomic mass is 16.1. The van der Waals surface area contributed by atoms with Crippen molar-refractivity contribution < 1.29 is 4.79 Å². The number of carbonyl (C=O) groups excluding carboxylic acids is 1. The number of carbonyl (C=O) groups is 1. The Labute approximate surface area is 105 Å². The number of aryl methyl sites for hydroxylation is 2. The minimum Gasteiger partial charge on any atom is -0.300 e. The maximum absolute atomic E-state index is 11.8. The molecule has 94 valence electrons. The molecule has 0 saturated heterocycles. The molecule has 0 aliphatic heterocycles. The van der Waals surface area contributed by atoms with Crippen LogP contribution < -0.4 is 0 Å². The molecule has 1 heteroatoms. The Morgan fingerprint density at radius 2 is 1.88 bits per heavy atom. The lowest BCUT2D eigenvalue weighted by atomic mass is 9.96. The quantitative estimate of drug-likeness (QED) is 0.684. The zero-order chi connectivity index (χ0) is 12.7. The normalized spacial score (nSPS) is 12.4. The van der Waals surface area contributed by atoms with Gasteiger partial charge < -0.3 is 0 Å². The molecule has 0 N–H and O–H groups in total. The fourth-order valence-electron chi connectivity index (χ4n) is 2.12. The van der Waals surface area contributed by atoms with Crippen LogP contribution >= 0.6 is 0 Å². The third kappa shape index (κ3) is 5.67. The zero-order valence-electron chi connectivity index (χ0n) is 11.3. The number of benzene rings is 1. The molecule has 0 amide bonds. The van der Waals surface area contributed by atoms with E-state index in [4.69, 9.17) is 0 Å². The van der Waals surface area contributed by atoms with Crippen molar-refractivity contribution >= 4 is 5.78 Å². The smallest absolute Gasteiger partial charge is 0.133 e. The predicted octanol–water partition coefficient (Wildman–Crippen LogP) is 4.32. The second-order valence-electron chi connectivity index (χ2n) is 5.12. The maximum Gasteiger partial charge on any atom is 0.133 e. The van der Waals surface area contributed by atoms with Crippen LogP contribution in [0, 0.1) is 12.8 Å². The van der Waals surface area contributed by atoms with E-state index in [1.54, 1.807) is 0 Å². The van der Waals surface area contributed by atoms with Gasteiger partial charge in [0.2, 0.25) is 0 Å². The molecular weight excluding hydrogens is 208 g/mol. The molecule has 0 saturated carbocycles. The van der Waals surface area contributed by atoms with E-state index in [1.165, 1.54) is 17.5 Å². The standard InChI is InChI=1S/C16H24O/c1-4-5-14(3)12-16(17)11-10-15-8-6-13(2)7-9-15/h6-9,14H,4-5,10-12H2,1-3H3. The van der Waals surface area contributed by atoms with E-state index < -0.39 is 0 Å². The number of ketones is 1. The third-order valence-electron chi connectivity index (χ3n) is 3.17. The first-order valence-corrected chi connectivity index (χ1v) is 6.69. The monoisotopic (exact) mass is 232 g/mol. The summed E-state index contributed by atoms with van der Waals surface area (Å²) in [5.41, 5.74) is 2.55. The molecule has 17 heavy (non-hydrogen) atoms. The van der Waals surface area contributed by atoms with Crippen LogP contribution in [-0.4, -0.2) is 5.78 Å². The molecule has 1 unspecified atom stereocenters. The van der Waals surface area contributed by atoms with Gasteiger partial charge in [-0.1, -0.05) is 56.5 Å². The lowest BCUT2D eigenvalue weighted by Gasteiger charge is -2.08. The Balaban J connectivity index is 2.30. The van der Waals surface area contributed by atoms with Gasteiger partial charge in [0, 0.05) is 12.8 Å². The van der Waals surface area contributed by atoms with E-state index in [-0.39, 0.29) is 0 Å². The molecule has 0 fully saturated rings. The summed E-state index contributed by atoms with van der Waals surface area (Å²) in [6.45, 7) is 6.43. The van der Waals surface area contributed by atoms with Gasteiger partial charge in [-0.2, -0.15) is 0 Å². The molecule has 0 spiro atoms. The van der Waals surface area contributed by atoms with Crippen LogP contribution in [0.15, 0.2) is 24.3 Å². The average molecular weight is 232 g/mol. The van der Waals surface area contributed by atoms with Gasteiger partial charge in [0.15, 0.2) is 0 Å². The lowest BCUT2D eigenvalue weighted by molar-refractivity contribution is -0.119. The second-order valence-corrected chi connectivity index (χ2v) is 5.12. The summed E-state index contributed by atoms with van der Waals surface area (Å²) >= 11 is 0.